The fourth-order valence-corrected chi connectivity index (χ4v) is 3.81. The van der Waals surface area contributed by atoms with Crippen molar-refractivity contribution in [2.24, 2.45) is 5.92 Å². The molecule has 0 atom stereocenters. The van der Waals surface area contributed by atoms with Crippen LogP contribution in [0.1, 0.15) is 29.6 Å². The molecule has 4 rings (SSSR count). The first-order chi connectivity index (χ1) is 13.7. The second-order valence-electron chi connectivity index (χ2n) is 7.32. The van der Waals surface area contributed by atoms with Crippen molar-refractivity contribution in [2.75, 3.05) is 18.8 Å². The number of piperidine rings is 1. The minimum Gasteiger partial charge on any atom is -0.397 e. The molecule has 3 aromatic rings. The van der Waals surface area contributed by atoms with Gasteiger partial charge in [-0.3, -0.25) is 14.5 Å². The Bertz CT molecular complexity index is 930. The molecule has 6 nitrogen and oxygen atoms in total. The van der Waals surface area contributed by atoms with E-state index in [4.69, 9.17) is 5.73 Å². The van der Waals surface area contributed by atoms with Gasteiger partial charge in [0.25, 0.3) is 5.91 Å². The molecule has 0 spiro atoms. The summed E-state index contributed by atoms with van der Waals surface area (Å²) in [6.45, 7) is 2.55. The molecule has 3 heterocycles. The predicted octanol–water partition coefficient (Wildman–Crippen LogP) is 3.47. The molecular weight excluding hydrogens is 350 g/mol. The van der Waals surface area contributed by atoms with E-state index in [0.717, 1.165) is 50.2 Å². The van der Waals surface area contributed by atoms with Gasteiger partial charge in [0.05, 0.1) is 11.4 Å². The van der Waals surface area contributed by atoms with E-state index in [-0.39, 0.29) is 5.91 Å². The standard InChI is InChI=1S/C22H25N5O/c23-20-6-2-10-24-21(20)18-4-1-5-19(16-18)22(28)26-13-7-17(8-14-26)9-15-27-12-3-11-25-27/h1-6,10-12,16-17H,7-9,13-15,23H2. The minimum atomic E-state index is 0.0851. The van der Waals surface area contributed by atoms with E-state index in [9.17, 15) is 4.79 Å². The second kappa shape index (κ2) is 8.25. The molecule has 0 bridgehead atoms. The summed E-state index contributed by atoms with van der Waals surface area (Å²) < 4.78 is 1.98. The van der Waals surface area contributed by atoms with Gasteiger partial charge >= 0.3 is 0 Å². The number of carbonyl (C=O) groups is 1. The summed E-state index contributed by atoms with van der Waals surface area (Å²) in [4.78, 5) is 19.3. The third kappa shape index (κ3) is 4.06. The molecular formula is C22H25N5O. The summed E-state index contributed by atoms with van der Waals surface area (Å²) in [5.41, 5.74) is 8.93. The average molecular weight is 375 g/mol. The number of carbonyl (C=O) groups excluding carboxylic acids is 1. The molecule has 0 aliphatic carbocycles. The first kappa shape index (κ1) is 18.2. The van der Waals surface area contributed by atoms with E-state index in [2.05, 4.69) is 10.1 Å². The van der Waals surface area contributed by atoms with Crippen molar-refractivity contribution in [3.8, 4) is 11.3 Å². The number of benzene rings is 1. The van der Waals surface area contributed by atoms with Gasteiger partial charge in [0, 0.05) is 49.4 Å². The van der Waals surface area contributed by atoms with E-state index < -0.39 is 0 Å². The lowest BCUT2D eigenvalue weighted by Crippen LogP contribution is -2.38. The maximum atomic E-state index is 13.0. The quantitative estimate of drug-likeness (QED) is 0.741. The molecule has 0 unspecified atom stereocenters. The molecule has 1 fully saturated rings. The highest BCUT2D eigenvalue weighted by molar-refractivity contribution is 5.95. The van der Waals surface area contributed by atoms with Crippen LogP contribution in [-0.2, 0) is 6.54 Å². The lowest BCUT2D eigenvalue weighted by Gasteiger charge is -2.32. The number of hydrogen-bond donors (Lipinski definition) is 1. The molecule has 1 saturated heterocycles. The van der Waals surface area contributed by atoms with Crippen LogP contribution in [0.2, 0.25) is 0 Å². The Balaban J connectivity index is 1.38. The Hall–Kier alpha value is -3.15. The van der Waals surface area contributed by atoms with E-state index >= 15 is 0 Å². The van der Waals surface area contributed by atoms with Crippen LogP contribution in [0.15, 0.2) is 61.1 Å². The maximum absolute atomic E-state index is 13.0. The molecule has 144 valence electrons. The van der Waals surface area contributed by atoms with Gasteiger partial charge < -0.3 is 10.6 Å². The first-order valence-corrected chi connectivity index (χ1v) is 9.78. The highest BCUT2D eigenvalue weighted by Gasteiger charge is 2.24. The molecule has 2 N–H and O–H groups in total. The van der Waals surface area contributed by atoms with Crippen LogP contribution >= 0.6 is 0 Å². The van der Waals surface area contributed by atoms with E-state index in [1.165, 1.54) is 0 Å². The number of rotatable bonds is 5. The Morgan fingerprint density at radius 3 is 2.71 bits per heavy atom. The Morgan fingerprint density at radius 1 is 1.11 bits per heavy atom. The lowest BCUT2D eigenvalue weighted by atomic mass is 9.93. The van der Waals surface area contributed by atoms with Gasteiger partial charge in [-0.05, 0) is 55.5 Å². The Kier molecular flexibility index (Phi) is 5.37. The van der Waals surface area contributed by atoms with Crippen molar-refractivity contribution < 1.29 is 4.79 Å². The number of nitrogen functional groups attached to an aromatic ring is 1. The highest BCUT2D eigenvalue weighted by Crippen LogP contribution is 2.26. The Morgan fingerprint density at radius 2 is 1.96 bits per heavy atom. The molecule has 6 heteroatoms. The zero-order valence-corrected chi connectivity index (χ0v) is 15.9. The van der Waals surface area contributed by atoms with Crippen molar-refractivity contribution in [3.05, 3.63) is 66.6 Å². The van der Waals surface area contributed by atoms with Crippen molar-refractivity contribution in [1.82, 2.24) is 19.7 Å². The van der Waals surface area contributed by atoms with E-state index in [1.807, 2.05) is 64.4 Å². The highest BCUT2D eigenvalue weighted by atomic mass is 16.2. The fraction of sp³-hybridized carbons (Fsp3) is 0.318. The number of likely N-dealkylation sites (tertiary alicyclic amines) is 1. The number of amides is 1. The molecule has 1 aliphatic rings. The summed E-state index contributed by atoms with van der Waals surface area (Å²) in [5.74, 6) is 0.731. The third-order valence-corrected chi connectivity index (χ3v) is 5.45. The zero-order valence-electron chi connectivity index (χ0n) is 15.9. The number of aromatic nitrogens is 3. The van der Waals surface area contributed by atoms with Crippen molar-refractivity contribution in [2.45, 2.75) is 25.8 Å². The molecule has 2 aromatic heterocycles. The van der Waals surface area contributed by atoms with Gasteiger partial charge in [-0.15, -0.1) is 0 Å². The molecule has 1 amide bonds. The fourth-order valence-electron chi connectivity index (χ4n) is 3.81. The normalized spacial score (nSPS) is 14.9. The molecule has 28 heavy (non-hydrogen) atoms. The van der Waals surface area contributed by atoms with Crippen molar-refractivity contribution >= 4 is 11.6 Å². The predicted molar refractivity (Wildman–Crippen MR) is 110 cm³/mol. The Labute approximate surface area is 165 Å². The number of anilines is 1. The lowest BCUT2D eigenvalue weighted by molar-refractivity contribution is 0.0684. The van der Waals surface area contributed by atoms with Crippen LogP contribution in [-0.4, -0.2) is 38.7 Å². The van der Waals surface area contributed by atoms with Crippen molar-refractivity contribution in [1.29, 1.82) is 0 Å². The summed E-state index contributed by atoms with van der Waals surface area (Å²) in [7, 11) is 0. The molecule has 1 aliphatic heterocycles. The van der Waals surface area contributed by atoms with E-state index in [1.54, 1.807) is 6.20 Å². The molecule has 0 radical (unpaired) electrons. The van der Waals surface area contributed by atoms with Crippen LogP contribution in [0.25, 0.3) is 11.3 Å². The molecule has 0 saturated carbocycles. The van der Waals surface area contributed by atoms with Crippen LogP contribution in [0, 0.1) is 5.92 Å². The minimum absolute atomic E-state index is 0.0851. The zero-order chi connectivity index (χ0) is 19.3. The average Bonchev–Trinajstić information content (AvgIpc) is 3.26. The van der Waals surface area contributed by atoms with Crippen LogP contribution in [0.5, 0.6) is 0 Å². The van der Waals surface area contributed by atoms with Crippen molar-refractivity contribution in [3.63, 3.8) is 0 Å². The summed E-state index contributed by atoms with van der Waals surface area (Å²) in [6.07, 6.45) is 8.72. The van der Waals surface area contributed by atoms with Gasteiger partial charge in [0.1, 0.15) is 0 Å². The monoisotopic (exact) mass is 375 g/mol. The molecule has 1 aromatic carbocycles. The van der Waals surface area contributed by atoms with Crippen LogP contribution < -0.4 is 5.73 Å². The van der Waals surface area contributed by atoms with Gasteiger partial charge in [-0.2, -0.15) is 5.10 Å². The van der Waals surface area contributed by atoms with Crippen LogP contribution in [0.4, 0.5) is 5.69 Å². The van der Waals surface area contributed by atoms with Gasteiger partial charge in [0.15, 0.2) is 0 Å². The summed E-state index contributed by atoms with van der Waals surface area (Å²) >= 11 is 0. The first-order valence-electron chi connectivity index (χ1n) is 9.78. The van der Waals surface area contributed by atoms with E-state index in [0.29, 0.717) is 17.2 Å². The smallest absolute Gasteiger partial charge is 0.253 e. The van der Waals surface area contributed by atoms with Gasteiger partial charge in [-0.25, -0.2) is 0 Å². The number of nitrogens with two attached hydrogens (primary N) is 1. The van der Waals surface area contributed by atoms with Crippen LogP contribution in [0.3, 0.4) is 0 Å². The number of aryl methyl sites for hydroxylation is 1. The largest absolute Gasteiger partial charge is 0.397 e. The second-order valence-corrected chi connectivity index (χ2v) is 7.32. The topological polar surface area (TPSA) is 77.0 Å². The third-order valence-electron chi connectivity index (χ3n) is 5.45. The maximum Gasteiger partial charge on any atom is 0.253 e. The number of nitrogens with zero attached hydrogens (tertiary/aromatic N) is 4. The SMILES string of the molecule is Nc1cccnc1-c1cccc(C(=O)N2CCC(CCn3cccn3)CC2)c1. The van der Waals surface area contributed by atoms with Gasteiger partial charge in [0.2, 0.25) is 0 Å². The van der Waals surface area contributed by atoms with Gasteiger partial charge in [-0.1, -0.05) is 12.1 Å². The summed E-state index contributed by atoms with van der Waals surface area (Å²) in [6, 6.07) is 13.2. The summed E-state index contributed by atoms with van der Waals surface area (Å²) in [5, 5.41) is 4.26. The number of pyridine rings is 1. The number of hydrogen-bond acceptors (Lipinski definition) is 4.